The predicted molar refractivity (Wildman–Crippen MR) is 130 cm³/mol. The Kier molecular flexibility index (Phi) is 6.61. The van der Waals surface area contributed by atoms with Gasteiger partial charge in [-0.05, 0) is 63.5 Å². The molecule has 34 heavy (non-hydrogen) atoms. The van der Waals surface area contributed by atoms with Gasteiger partial charge in [-0.3, -0.25) is 9.59 Å². The molecule has 1 heterocycles. The van der Waals surface area contributed by atoms with Gasteiger partial charge in [-0.25, -0.2) is 0 Å². The molecule has 174 valence electrons. The highest BCUT2D eigenvalue weighted by atomic mass is 79.9. The first-order valence-electron chi connectivity index (χ1n) is 10.4. The van der Waals surface area contributed by atoms with E-state index >= 15 is 0 Å². The number of rotatable bonds is 6. The van der Waals surface area contributed by atoms with Crippen molar-refractivity contribution >= 4 is 33.4 Å². The zero-order valence-electron chi connectivity index (χ0n) is 18.5. The van der Waals surface area contributed by atoms with Crippen molar-refractivity contribution in [3.63, 3.8) is 0 Å². The molecule has 0 saturated carbocycles. The number of phenolic OH excluding ortho intramolecular Hbond substituents is 1. The second-order valence-electron chi connectivity index (χ2n) is 7.69. The molecule has 1 fully saturated rings. The molecule has 1 atom stereocenters. The van der Waals surface area contributed by atoms with Crippen LogP contribution in [0.1, 0.15) is 22.7 Å². The summed E-state index contributed by atoms with van der Waals surface area (Å²) in [5.74, 6) is -1.18. The van der Waals surface area contributed by atoms with Gasteiger partial charge in [0.25, 0.3) is 11.7 Å². The molecule has 0 aromatic heterocycles. The highest BCUT2D eigenvalue weighted by molar-refractivity contribution is 9.10. The molecule has 3 aromatic carbocycles. The highest BCUT2D eigenvalue weighted by Gasteiger charge is 2.46. The summed E-state index contributed by atoms with van der Waals surface area (Å²) in [6.45, 7) is 0.149. The Labute approximate surface area is 205 Å². The smallest absolute Gasteiger partial charge is 0.295 e. The number of likely N-dealkylation sites (tertiary alicyclic amines) is 1. The van der Waals surface area contributed by atoms with Gasteiger partial charge in [-0.1, -0.05) is 30.3 Å². The predicted octanol–water partition coefficient (Wildman–Crippen LogP) is 4.79. The topological polar surface area (TPSA) is 96.3 Å². The normalized spacial score (nSPS) is 17.1. The standard InChI is InChI=1S/C26H22BrNO6/c1-33-18-10-8-16(9-11-18)23(29)21-22(17-12-19(27)24(30)20(13-17)34-2)28(26(32)25(21)31)14-15-6-4-3-5-7-15/h3-13,22,29-30H,14H2,1-2H3. The van der Waals surface area contributed by atoms with E-state index in [1.165, 1.54) is 19.1 Å². The maximum absolute atomic E-state index is 13.2. The lowest BCUT2D eigenvalue weighted by molar-refractivity contribution is -0.140. The summed E-state index contributed by atoms with van der Waals surface area (Å²) in [7, 11) is 2.93. The van der Waals surface area contributed by atoms with Crippen molar-refractivity contribution in [3.05, 3.63) is 93.5 Å². The van der Waals surface area contributed by atoms with E-state index < -0.39 is 17.7 Å². The number of hydrogen-bond acceptors (Lipinski definition) is 6. The summed E-state index contributed by atoms with van der Waals surface area (Å²) in [6, 6.07) is 18.1. The van der Waals surface area contributed by atoms with Crippen molar-refractivity contribution in [2.45, 2.75) is 12.6 Å². The van der Waals surface area contributed by atoms with Crippen molar-refractivity contribution in [2.24, 2.45) is 0 Å². The SMILES string of the molecule is COc1ccc(C(O)=C2C(=O)C(=O)N(Cc3ccccc3)C2c2cc(Br)c(O)c(OC)c2)cc1. The van der Waals surface area contributed by atoms with Crippen LogP contribution in [0.5, 0.6) is 17.2 Å². The first kappa shape index (κ1) is 23.4. The Morgan fingerprint density at radius 1 is 1.00 bits per heavy atom. The molecule has 0 bridgehead atoms. The van der Waals surface area contributed by atoms with Crippen molar-refractivity contribution in [1.29, 1.82) is 0 Å². The number of nitrogens with zero attached hydrogens (tertiary/aromatic N) is 1. The van der Waals surface area contributed by atoms with Crippen molar-refractivity contribution < 1.29 is 29.3 Å². The van der Waals surface area contributed by atoms with Crippen LogP contribution in [0.15, 0.2) is 76.8 Å². The monoisotopic (exact) mass is 523 g/mol. The van der Waals surface area contributed by atoms with Gasteiger partial charge in [0.05, 0.1) is 30.3 Å². The zero-order valence-corrected chi connectivity index (χ0v) is 20.1. The minimum atomic E-state index is -0.909. The number of Topliss-reactive ketones (excluding diaryl/α,β-unsaturated/α-hetero) is 1. The Balaban J connectivity index is 1.90. The average molecular weight is 524 g/mol. The summed E-state index contributed by atoms with van der Waals surface area (Å²) in [6.07, 6.45) is 0. The highest BCUT2D eigenvalue weighted by Crippen LogP contribution is 2.44. The number of ether oxygens (including phenoxy) is 2. The second kappa shape index (κ2) is 9.61. The Morgan fingerprint density at radius 2 is 1.68 bits per heavy atom. The van der Waals surface area contributed by atoms with E-state index in [2.05, 4.69) is 15.9 Å². The van der Waals surface area contributed by atoms with E-state index in [0.29, 0.717) is 21.3 Å². The van der Waals surface area contributed by atoms with Crippen LogP contribution in [0, 0.1) is 0 Å². The molecule has 0 spiro atoms. The van der Waals surface area contributed by atoms with E-state index in [4.69, 9.17) is 9.47 Å². The number of benzene rings is 3. The lowest BCUT2D eigenvalue weighted by atomic mass is 9.94. The van der Waals surface area contributed by atoms with Crippen molar-refractivity contribution in [3.8, 4) is 17.2 Å². The minimum absolute atomic E-state index is 0.0502. The number of hydrogen-bond donors (Lipinski definition) is 2. The third kappa shape index (κ3) is 4.24. The molecule has 2 N–H and O–H groups in total. The molecule has 1 unspecified atom stereocenters. The fraction of sp³-hybridized carbons (Fsp3) is 0.154. The quantitative estimate of drug-likeness (QED) is 0.274. The molecule has 1 aliphatic rings. The number of aliphatic hydroxyl groups excluding tert-OH is 1. The fourth-order valence-corrected chi connectivity index (χ4v) is 4.44. The number of halogens is 1. The van der Waals surface area contributed by atoms with Gasteiger partial charge in [0.1, 0.15) is 11.5 Å². The molecule has 0 aliphatic carbocycles. The van der Waals surface area contributed by atoms with Crippen LogP contribution in [0.2, 0.25) is 0 Å². The number of aliphatic hydroxyl groups is 1. The number of methoxy groups -OCH3 is 2. The Hall–Kier alpha value is -3.78. The molecule has 4 rings (SSSR count). The molecular formula is C26H22BrNO6. The van der Waals surface area contributed by atoms with Gasteiger partial charge in [0.2, 0.25) is 0 Å². The van der Waals surface area contributed by atoms with Gasteiger partial charge in [0, 0.05) is 12.1 Å². The molecule has 1 aliphatic heterocycles. The van der Waals surface area contributed by atoms with Crippen LogP contribution in [-0.4, -0.2) is 41.0 Å². The maximum Gasteiger partial charge on any atom is 0.295 e. The number of amides is 1. The van der Waals surface area contributed by atoms with E-state index in [-0.39, 0.29) is 29.4 Å². The van der Waals surface area contributed by atoms with Gasteiger partial charge in [0.15, 0.2) is 11.5 Å². The lowest BCUT2D eigenvalue weighted by Crippen LogP contribution is -2.29. The van der Waals surface area contributed by atoms with Crippen LogP contribution in [0.25, 0.3) is 5.76 Å². The fourth-order valence-electron chi connectivity index (χ4n) is 3.98. The first-order valence-corrected chi connectivity index (χ1v) is 11.2. The number of carbonyl (C=O) groups is 2. The molecule has 0 radical (unpaired) electrons. The van der Waals surface area contributed by atoms with Crippen LogP contribution in [0.3, 0.4) is 0 Å². The Bertz CT molecular complexity index is 1270. The molecule has 1 amide bonds. The summed E-state index contributed by atoms with van der Waals surface area (Å²) in [5.41, 5.74) is 1.63. The molecule has 3 aromatic rings. The number of carbonyl (C=O) groups excluding carboxylic acids is 2. The van der Waals surface area contributed by atoms with Gasteiger partial charge < -0.3 is 24.6 Å². The number of phenols is 1. The summed E-state index contributed by atoms with van der Waals surface area (Å²) < 4.78 is 10.8. The largest absolute Gasteiger partial charge is 0.507 e. The van der Waals surface area contributed by atoms with E-state index in [0.717, 1.165) is 5.56 Å². The summed E-state index contributed by atoms with van der Waals surface area (Å²) >= 11 is 3.31. The van der Waals surface area contributed by atoms with Crippen molar-refractivity contribution in [1.82, 2.24) is 4.90 Å². The van der Waals surface area contributed by atoms with Crippen molar-refractivity contribution in [2.75, 3.05) is 14.2 Å². The lowest BCUT2D eigenvalue weighted by Gasteiger charge is -2.26. The zero-order chi connectivity index (χ0) is 24.4. The molecular weight excluding hydrogens is 502 g/mol. The summed E-state index contributed by atoms with van der Waals surface area (Å²) in [5, 5.41) is 21.5. The average Bonchev–Trinajstić information content (AvgIpc) is 3.10. The number of ketones is 1. The van der Waals surface area contributed by atoms with Crippen LogP contribution in [0.4, 0.5) is 0 Å². The minimum Gasteiger partial charge on any atom is -0.507 e. The third-order valence-corrected chi connectivity index (χ3v) is 6.29. The first-order chi connectivity index (χ1) is 16.3. The second-order valence-corrected chi connectivity index (χ2v) is 8.55. The van der Waals surface area contributed by atoms with Crippen LogP contribution < -0.4 is 9.47 Å². The molecule has 8 heteroatoms. The number of aromatic hydroxyl groups is 1. The van der Waals surface area contributed by atoms with Gasteiger partial charge >= 0.3 is 0 Å². The summed E-state index contributed by atoms with van der Waals surface area (Å²) in [4.78, 5) is 27.8. The van der Waals surface area contributed by atoms with Crippen LogP contribution in [-0.2, 0) is 16.1 Å². The van der Waals surface area contributed by atoms with Gasteiger partial charge in [-0.2, -0.15) is 0 Å². The molecule has 7 nitrogen and oxygen atoms in total. The molecule has 1 saturated heterocycles. The van der Waals surface area contributed by atoms with E-state index in [1.54, 1.807) is 36.4 Å². The van der Waals surface area contributed by atoms with Gasteiger partial charge in [-0.15, -0.1) is 0 Å². The van der Waals surface area contributed by atoms with E-state index in [1.807, 2.05) is 30.3 Å². The van der Waals surface area contributed by atoms with E-state index in [9.17, 15) is 19.8 Å². The Morgan fingerprint density at radius 3 is 2.29 bits per heavy atom. The van der Waals surface area contributed by atoms with Crippen LogP contribution >= 0.6 is 15.9 Å². The third-order valence-electron chi connectivity index (χ3n) is 5.69. The maximum atomic E-state index is 13.2.